The zero-order valence-corrected chi connectivity index (χ0v) is 19.6. The van der Waals surface area contributed by atoms with Crippen molar-refractivity contribution in [3.05, 3.63) is 83.7 Å². The van der Waals surface area contributed by atoms with Gasteiger partial charge in [0.25, 0.3) is 0 Å². The van der Waals surface area contributed by atoms with E-state index in [4.69, 9.17) is 4.74 Å². The fourth-order valence-electron chi connectivity index (χ4n) is 5.79. The summed E-state index contributed by atoms with van der Waals surface area (Å²) in [5.74, 6) is -0.711. The van der Waals surface area contributed by atoms with Gasteiger partial charge in [0.1, 0.15) is 0 Å². The molecule has 3 aliphatic rings. The summed E-state index contributed by atoms with van der Waals surface area (Å²) < 4.78 is 49.8. The van der Waals surface area contributed by atoms with Crippen LogP contribution in [-0.4, -0.2) is 12.7 Å². The molecule has 1 heterocycles. The van der Waals surface area contributed by atoms with E-state index in [0.29, 0.717) is 22.6 Å². The van der Waals surface area contributed by atoms with Crippen LogP contribution in [0.1, 0.15) is 62.0 Å². The van der Waals surface area contributed by atoms with Crippen LogP contribution in [0.4, 0.5) is 13.2 Å². The van der Waals surface area contributed by atoms with Gasteiger partial charge in [0.15, 0.2) is 11.6 Å². The lowest BCUT2D eigenvalue weighted by atomic mass is 9.78. The van der Waals surface area contributed by atoms with Crippen molar-refractivity contribution < 1.29 is 17.9 Å². The zero-order chi connectivity index (χ0) is 23.7. The van der Waals surface area contributed by atoms with Crippen molar-refractivity contribution in [1.29, 1.82) is 0 Å². The molecule has 180 valence electrons. The van der Waals surface area contributed by atoms with Crippen LogP contribution < -0.4 is 0 Å². The van der Waals surface area contributed by atoms with Gasteiger partial charge in [-0.3, -0.25) is 0 Å². The van der Waals surface area contributed by atoms with Crippen LogP contribution in [0.3, 0.4) is 0 Å². The van der Waals surface area contributed by atoms with Gasteiger partial charge < -0.3 is 4.74 Å². The van der Waals surface area contributed by atoms with Gasteiger partial charge in [0.2, 0.25) is 0 Å². The van der Waals surface area contributed by atoms with E-state index in [1.54, 1.807) is 18.2 Å². The van der Waals surface area contributed by atoms with Crippen molar-refractivity contribution in [2.75, 3.05) is 6.61 Å². The van der Waals surface area contributed by atoms with Gasteiger partial charge in [-0.05, 0) is 86.0 Å². The summed E-state index contributed by atoms with van der Waals surface area (Å²) in [7, 11) is 0. The monoisotopic (exact) mass is 466 g/mol. The molecule has 0 radical (unpaired) electrons. The molecule has 34 heavy (non-hydrogen) atoms. The number of rotatable bonds is 7. The van der Waals surface area contributed by atoms with Crippen LogP contribution in [0.5, 0.6) is 0 Å². The number of hydrogen-bond acceptors (Lipinski definition) is 1. The Morgan fingerprint density at radius 2 is 1.62 bits per heavy atom. The van der Waals surface area contributed by atoms with Crippen LogP contribution in [0.25, 0.3) is 11.1 Å². The summed E-state index contributed by atoms with van der Waals surface area (Å²) in [5, 5.41) is 0. The van der Waals surface area contributed by atoms with Crippen LogP contribution in [0.2, 0.25) is 0 Å². The van der Waals surface area contributed by atoms with Crippen LogP contribution >= 0.6 is 0 Å². The fourth-order valence-corrected chi connectivity index (χ4v) is 5.79. The average Bonchev–Trinajstić information content (AvgIpc) is 3.71. The molecule has 2 aliphatic carbocycles. The first-order valence-electron chi connectivity index (χ1n) is 12.7. The van der Waals surface area contributed by atoms with E-state index in [1.807, 2.05) is 30.3 Å². The maximum absolute atomic E-state index is 15.0. The number of hydrogen-bond donors (Lipinski definition) is 0. The third-order valence-electron chi connectivity index (χ3n) is 8.15. The topological polar surface area (TPSA) is 12.5 Å². The molecule has 1 nitrogen and oxygen atoms in total. The quantitative estimate of drug-likeness (QED) is 0.295. The predicted molar refractivity (Wildman–Crippen MR) is 130 cm³/mol. The van der Waals surface area contributed by atoms with E-state index in [9.17, 15) is 8.78 Å². The minimum atomic E-state index is -0.764. The van der Waals surface area contributed by atoms with Gasteiger partial charge in [0, 0.05) is 17.4 Å². The molecule has 1 saturated heterocycles. The van der Waals surface area contributed by atoms with E-state index in [1.165, 1.54) is 0 Å². The number of benzene rings is 2. The third-order valence-corrected chi connectivity index (χ3v) is 8.15. The van der Waals surface area contributed by atoms with Gasteiger partial charge in [-0.15, -0.1) is 6.58 Å². The number of allylic oxidation sites excluding steroid dienone is 2. The molecule has 2 fully saturated rings. The lowest BCUT2D eigenvalue weighted by Gasteiger charge is -2.27. The first kappa shape index (κ1) is 23.4. The maximum Gasteiger partial charge on any atom is 0.166 e. The van der Waals surface area contributed by atoms with E-state index in [0.717, 1.165) is 63.5 Å². The largest absolute Gasteiger partial charge is 0.372 e. The molecular weight excluding hydrogens is 433 g/mol. The Bertz CT molecular complexity index is 1050. The van der Waals surface area contributed by atoms with E-state index in [-0.39, 0.29) is 29.7 Å². The highest BCUT2D eigenvalue weighted by Gasteiger charge is 2.35. The second kappa shape index (κ2) is 10.1. The summed E-state index contributed by atoms with van der Waals surface area (Å²) in [6.07, 6.45) is 11.0. The fraction of sp³-hybridized carbons (Fsp3) is 0.467. The van der Waals surface area contributed by atoms with Crippen LogP contribution in [0.15, 0.2) is 61.0 Å². The molecule has 4 heteroatoms. The number of aryl methyl sites for hydroxylation is 1. The lowest BCUT2D eigenvalue weighted by Crippen LogP contribution is -2.16. The Hall–Kier alpha value is -2.33. The molecule has 0 amide bonds. The highest BCUT2D eigenvalue weighted by Crippen LogP contribution is 2.40. The second-order valence-corrected chi connectivity index (χ2v) is 10.3. The van der Waals surface area contributed by atoms with Crippen molar-refractivity contribution in [3.8, 4) is 11.1 Å². The first-order chi connectivity index (χ1) is 16.5. The van der Waals surface area contributed by atoms with E-state index >= 15 is 4.39 Å². The Kier molecular flexibility index (Phi) is 6.96. The molecular formula is C30H33F3O. The predicted octanol–water partition coefficient (Wildman–Crippen LogP) is 8.30. The van der Waals surface area contributed by atoms with Gasteiger partial charge in [-0.25, -0.2) is 13.2 Å². The molecule has 0 spiro atoms. The second-order valence-electron chi connectivity index (χ2n) is 10.3. The Labute approximate surface area is 200 Å². The number of epoxide rings is 1. The average molecular weight is 467 g/mol. The van der Waals surface area contributed by atoms with Gasteiger partial charge in [-0.2, -0.15) is 0 Å². The first-order valence-corrected chi connectivity index (χ1v) is 12.7. The normalized spacial score (nSPS) is 28.9. The van der Waals surface area contributed by atoms with Crippen molar-refractivity contribution in [2.45, 2.75) is 63.4 Å². The molecule has 1 saturated carbocycles. The van der Waals surface area contributed by atoms with Crippen molar-refractivity contribution >= 4 is 0 Å². The van der Waals surface area contributed by atoms with Crippen LogP contribution in [0, 0.1) is 29.4 Å². The molecule has 0 aromatic heterocycles. The molecule has 5 rings (SSSR count). The summed E-state index contributed by atoms with van der Waals surface area (Å²) in [5.41, 5.74) is 2.54. The zero-order valence-electron chi connectivity index (χ0n) is 19.6. The van der Waals surface area contributed by atoms with Gasteiger partial charge >= 0.3 is 0 Å². The lowest BCUT2D eigenvalue weighted by molar-refractivity contribution is 0.295. The molecule has 2 aromatic carbocycles. The number of ether oxygens (including phenoxy) is 1. The summed E-state index contributed by atoms with van der Waals surface area (Å²) in [6, 6.07) is 11.1. The highest BCUT2D eigenvalue weighted by atomic mass is 19.2. The molecule has 3 atom stereocenters. The smallest absolute Gasteiger partial charge is 0.166 e. The molecule has 0 bridgehead atoms. The van der Waals surface area contributed by atoms with Gasteiger partial charge in [0.05, 0.1) is 18.5 Å². The third kappa shape index (κ3) is 5.02. The van der Waals surface area contributed by atoms with E-state index < -0.39 is 11.6 Å². The summed E-state index contributed by atoms with van der Waals surface area (Å²) in [6.45, 7) is 4.62. The standard InChI is InChI=1S/C30H33F3O/c1-2-19-3-8-21(9-4-19)25-15-16-26(30(33)29(25)32)22-10-5-20(6-11-22)7-12-23-13-14-24(17-27(23)31)28-18-34-28/h2,5-6,10-11,15-17,19,21,23-24,28H,1,3-4,7-9,12-14,18H2. The summed E-state index contributed by atoms with van der Waals surface area (Å²) >= 11 is 0. The maximum atomic E-state index is 15.0. The summed E-state index contributed by atoms with van der Waals surface area (Å²) in [4.78, 5) is 0. The molecule has 0 N–H and O–H groups in total. The molecule has 2 aromatic rings. The van der Waals surface area contributed by atoms with Crippen molar-refractivity contribution in [2.24, 2.45) is 17.8 Å². The number of halogens is 3. The van der Waals surface area contributed by atoms with Crippen molar-refractivity contribution in [1.82, 2.24) is 0 Å². The van der Waals surface area contributed by atoms with E-state index in [2.05, 4.69) is 6.58 Å². The molecule has 1 aliphatic heterocycles. The Morgan fingerprint density at radius 3 is 2.26 bits per heavy atom. The minimum Gasteiger partial charge on any atom is -0.372 e. The highest BCUT2D eigenvalue weighted by molar-refractivity contribution is 5.65. The van der Waals surface area contributed by atoms with Gasteiger partial charge in [-0.1, -0.05) is 42.5 Å². The van der Waals surface area contributed by atoms with Crippen LogP contribution in [-0.2, 0) is 11.2 Å². The minimum absolute atomic E-state index is 0.000940. The SMILES string of the molecule is C=CC1CCC(c2ccc(-c3ccc(CCC4CCC(C5CO5)C=C4F)cc3)c(F)c2F)CC1. The Morgan fingerprint density at radius 1 is 0.882 bits per heavy atom. The van der Waals surface area contributed by atoms with Crippen molar-refractivity contribution in [3.63, 3.8) is 0 Å². The Balaban J connectivity index is 1.22. The molecule has 3 unspecified atom stereocenters.